The molecule has 1 unspecified atom stereocenters. The molecule has 0 aromatic heterocycles. The van der Waals surface area contributed by atoms with E-state index in [1.807, 2.05) is 6.92 Å². The number of sulfonamides is 2. The molecular formula is C22H29N3O6S2. The van der Waals surface area contributed by atoms with Crippen molar-refractivity contribution in [2.75, 3.05) is 43.8 Å². The standard InChI is InChI=1S/C22H29N3O6S2/c1-17-5-11-21(12-6-17)33(29,30)25-15-13-24(14-16-25)22(26)18(2)31-20-9-7-19(8-10-20)23(3)32(4,27)28/h5-12,18H,13-16H2,1-4H3. The number of nitrogens with zero attached hydrogens (tertiary/aromatic N) is 3. The summed E-state index contributed by atoms with van der Waals surface area (Å²) in [6.07, 6.45) is 0.341. The molecule has 1 fully saturated rings. The van der Waals surface area contributed by atoms with Crippen LogP contribution in [0, 0.1) is 6.92 Å². The lowest BCUT2D eigenvalue weighted by Gasteiger charge is -2.35. The first-order chi connectivity index (χ1) is 15.4. The van der Waals surface area contributed by atoms with E-state index in [-0.39, 0.29) is 37.0 Å². The van der Waals surface area contributed by atoms with Crippen LogP contribution < -0.4 is 9.04 Å². The van der Waals surface area contributed by atoms with Gasteiger partial charge in [0, 0.05) is 33.2 Å². The largest absolute Gasteiger partial charge is 0.481 e. The van der Waals surface area contributed by atoms with Crippen molar-refractivity contribution in [3.05, 3.63) is 54.1 Å². The first kappa shape index (κ1) is 25.0. The highest BCUT2D eigenvalue weighted by atomic mass is 32.2. The molecule has 2 aromatic rings. The molecule has 11 heteroatoms. The van der Waals surface area contributed by atoms with E-state index in [0.717, 1.165) is 16.1 Å². The maximum Gasteiger partial charge on any atom is 0.263 e. The number of amides is 1. The van der Waals surface area contributed by atoms with Crippen LogP contribution >= 0.6 is 0 Å². The van der Waals surface area contributed by atoms with Gasteiger partial charge in [-0.2, -0.15) is 4.31 Å². The number of hydrogen-bond acceptors (Lipinski definition) is 6. The van der Waals surface area contributed by atoms with Gasteiger partial charge in [-0.05, 0) is 50.2 Å². The molecule has 0 saturated carbocycles. The zero-order valence-corrected chi connectivity index (χ0v) is 20.8. The summed E-state index contributed by atoms with van der Waals surface area (Å²) in [5, 5.41) is 0. The Balaban J connectivity index is 1.57. The molecular weight excluding hydrogens is 466 g/mol. The van der Waals surface area contributed by atoms with E-state index in [1.165, 1.54) is 11.4 Å². The van der Waals surface area contributed by atoms with Crippen molar-refractivity contribution in [2.45, 2.75) is 24.8 Å². The Kier molecular flexibility index (Phi) is 7.35. The van der Waals surface area contributed by atoms with Crippen LogP contribution in [0.25, 0.3) is 0 Å². The Bertz CT molecular complexity index is 1190. The molecule has 1 aliphatic heterocycles. The summed E-state index contributed by atoms with van der Waals surface area (Å²) < 4.78 is 57.2. The lowest BCUT2D eigenvalue weighted by atomic mass is 10.2. The molecule has 0 N–H and O–H groups in total. The number of anilines is 1. The van der Waals surface area contributed by atoms with Gasteiger partial charge >= 0.3 is 0 Å². The number of rotatable bonds is 7. The highest BCUT2D eigenvalue weighted by Crippen LogP contribution is 2.22. The second-order valence-electron chi connectivity index (χ2n) is 8.03. The van der Waals surface area contributed by atoms with Gasteiger partial charge in [0.25, 0.3) is 5.91 Å². The van der Waals surface area contributed by atoms with E-state index in [0.29, 0.717) is 11.4 Å². The lowest BCUT2D eigenvalue weighted by Crippen LogP contribution is -2.53. The highest BCUT2D eigenvalue weighted by molar-refractivity contribution is 7.92. The molecule has 1 amide bonds. The van der Waals surface area contributed by atoms with E-state index in [1.54, 1.807) is 60.4 Å². The maximum absolute atomic E-state index is 12.8. The smallest absolute Gasteiger partial charge is 0.263 e. The summed E-state index contributed by atoms with van der Waals surface area (Å²) in [4.78, 5) is 14.7. The van der Waals surface area contributed by atoms with Crippen molar-refractivity contribution in [2.24, 2.45) is 0 Å². The Morgan fingerprint density at radius 3 is 2.00 bits per heavy atom. The Morgan fingerprint density at radius 2 is 1.48 bits per heavy atom. The third-order valence-electron chi connectivity index (χ3n) is 5.57. The zero-order chi connectivity index (χ0) is 24.4. The van der Waals surface area contributed by atoms with E-state index >= 15 is 0 Å². The molecule has 33 heavy (non-hydrogen) atoms. The van der Waals surface area contributed by atoms with Crippen LogP contribution in [0.15, 0.2) is 53.4 Å². The number of piperazine rings is 1. The van der Waals surface area contributed by atoms with Gasteiger partial charge in [0.05, 0.1) is 16.8 Å². The number of aryl methyl sites for hydroxylation is 1. The van der Waals surface area contributed by atoms with Gasteiger partial charge in [-0.25, -0.2) is 16.8 Å². The first-order valence-electron chi connectivity index (χ1n) is 10.5. The zero-order valence-electron chi connectivity index (χ0n) is 19.1. The third-order valence-corrected chi connectivity index (χ3v) is 8.69. The predicted octanol–water partition coefficient (Wildman–Crippen LogP) is 1.69. The first-order valence-corrected chi connectivity index (χ1v) is 13.7. The summed E-state index contributed by atoms with van der Waals surface area (Å²) in [5.74, 6) is 0.196. The molecule has 180 valence electrons. The summed E-state index contributed by atoms with van der Waals surface area (Å²) in [7, 11) is -5.52. The molecule has 0 radical (unpaired) electrons. The molecule has 0 aliphatic carbocycles. The summed E-state index contributed by atoms with van der Waals surface area (Å²) >= 11 is 0. The predicted molar refractivity (Wildman–Crippen MR) is 126 cm³/mol. The number of hydrogen-bond donors (Lipinski definition) is 0. The van der Waals surface area contributed by atoms with Gasteiger partial charge in [0.2, 0.25) is 20.0 Å². The van der Waals surface area contributed by atoms with Crippen LogP contribution in [0.1, 0.15) is 12.5 Å². The number of carbonyl (C=O) groups is 1. The molecule has 1 heterocycles. The highest BCUT2D eigenvalue weighted by Gasteiger charge is 2.32. The summed E-state index contributed by atoms with van der Waals surface area (Å²) in [5.41, 5.74) is 1.46. The molecule has 1 saturated heterocycles. The maximum atomic E-state index is 12.8. The average molecular weight is 496 g/mol. The quantitative estimate of drug-likeness (QED) is 0.579. The molecule has 9 nitrogen and oxygen atoms in total. The molecule has 0 bridgehead atoms. The Morgan fingerprint density at radius 1 is 0.939 bits per heavy atom. The molecule has 2 aromatic carbocycles. The van der Waals surface area contributed by atoms with Crippen molar-refractivity contribution in [3.8, 4) is 5.75 Å². The van der Waals surface area contributed by atoms with E-state index in [2.05, 4.69) is 0 Å². The average Bonchev–Trinajstić information content (AvgIpc) is 2.78. The lowest BCUT2D eigenvalue weighted by molar-refractivity contribution is -0.139. The number of carbonyl (C=O) groups excluding carboxylic acids is 1. The van der Waals surface area contributed by atoms with Gasteiger partial charge in [-0.15, -0.1) is 0 Å². The molecule has 1 aliphatic rings. The van der Waals surface area contributed by atoms with Crippen LogP contribution in [0.5, 0.6) is 5.75 Å². The van der Waals surface area contributed by atoms with Crippen molar-refractivity contribution < 1.29 is 26.4 Å². The third kappa shape index (κ3) is 5.84. The topological polar surface area (TPSA) is 104 Å². The van der Waals surface area contributed by atoms with Crippen LogP contribution in [-0.4, -0.2) is 77.5 Å². The monoisotopic (exact) mass is 495 g/mol. The van der Waals surface area contributed by atoms with Gasteiger partial charge in [0.1, 0.15) is 5.75 Å². The SMILES string of the molecule is Cc1ccc(S(=O)(=O)N2CCN(C(=O)C(C)Oc3ccc(N(C)S(C)(=O)=O)cc3)CC2)cc1. The number of benzene rings is 2. The summed E-state index contributed by atoms with van der Waals surface area (Å²) in [6.45, 7) is 4.49. The van der Waals surface area contributed by atoms with Gasteiger partial charge in [-0.3, -0.25) is 9.10 Å². The van der Waals surface area contributed by atoms with E-state index in [9.17, 15) is 21.6 Å². The number of ether oxygens (including phenoxy) is 1. The fourth-order valence-electron chi connectivity index (χ4n) is 3.45. The fraction of sp³-hybridized carbons (Fsp3) is 0.409. The minimum Gasteiger partial charge on any atom is -0.481 e. The van der Waals surface area contributed by atoms with Gasteiger partial charge in [0.15, 0.2) is 6.10 Å². The Labute approximate surface area is 195 Å². The minimum absolute atomic E-state index is 0.210. The van der Waals surface area contributed by atoms with Crippen molar-refractivity contribution in [1.82, 2.24) is 9.21 Å². The van der Waals surface area contributed by atoms with E-state index in [4.69, 9.17) is 4.74 Å². The van der Waals surface area contributed by atoms with Crippen LogP contribution in [0.2, 0.25) is 0 Å². The Hall–Kier alpha value is -2.63. The van der Waals surface area contributed by atoms with E-state index < -0.39 is 26.2 Å². The van der Waals surface area contributed by atoms with Crippen LogP contribution in [-0.2, 0) is 24.8 Å². The second kappa shape index (κ2) is 9.70. The van der Waals surface area contributed by atoms with Crippen molar-refractivity contribution in [3.63, 3.8) is 0 Å². The van der Waals surface area contributed by atoms with Gasteiger partial charge in [-0.1, -0.05) is 17.7 Å². The van der Waals surface area contributed by atoms with Crippen molar-refractivity contribution in [1.29, 1.82) is 0 Å². The second-order valence-corrected chi connectivity index (χ2v) is 12.0. The normalized spacial score (nSPS) is 16.3. The van der Waals surface area contributed by atoms with Gasteiger partial charge < -0.3 is 9.64 Å². The van der Waals surface area contributed by atoms with Crippen molar-refractivity contribution >= 4 is 31.6 Å². The molecule has 0 spiro atoms. The fourth-order valence-corrected chi connectivity index (χ4v) is 5.37. The minimum atomic E-state index is -3.60. The molecule has 3 rings (SSSR count). The van der Waals surface area contributed by atoms with Crippen LogP contribution in [0.3, 0.4) is 0 Å². The molecule has 1 atom stereocenters. The summed E-state index contributed by atoms with van der Waals surface area (Å²) in [6, 6.07) is 13.1. The van der Waals surface area contributed by atoms with Crippen LogP contribution in [0.4, 0.5) is 5.69 Å².